The summed E-state index contributed by atoms with van der Waals surface area (Å²) in [6.45, 7) is 0. The number of aromatic nitrogens is 5. The molecule has 0 radical (unpaired) electrons. The molecule has 0 amide bonds. The maximum Gasteiger partial charge on any atom is 0.164 e. The molecule has 0 bridgehead atoms. The Morgan fingerprint density at radius 1 is 0.267 bits per heavy atom. The van der Waals surface area contributed by atoms with Crippen molar-refractivity contribution in [1.82, 2.24) is 24.1 Å². The summed E-state index contributed by atoms with van der Waals surface area (Å²) in [5.74, 6) is 1.90. The Balaban J connectivity index is 1.03. The van der Waals surface area contributed by atoms with Crippen LogP contribution in [0.2, 0.25) is 0 Å². The van der Waals surface area contributed by atoms with Crippen molar-refractivity contribution in [3.05, 3.63) is 212 Å². The van der Waals surface area contributed by atoms with Crippen LogP contribution in [0.4, 0.5) is 0 Å². The van der Waals surface area contributed by atoms with Crippen molar-refractivity contribution in [2.75, 3.05) is 0 Å². The van der Waals surface area contributed by atoms with Crippen molar-refractivity contribution < 1.29 is 0 Å². The predicted molar refractivity (Wildman–Crippen MR) is 248 cm³/mol. The molecule has 12 aromatic rings. The molecule has 12 rings (SSSR count). The van der Waals surface area contributed by atoms with E-state index in [1.165, 1.54) is 43.6 Å². The molecule has 0 N–H and O–H groups in total. The molecular weight excluding hydrogens is 731 g/mol. The molecule has 0 fully saturated rings. The van der Waals surface area contributed by atoms with Crippen LogP contribution in [0.3, 0.4) is 0 Å². The monoisotopic (exact) mass is 765 g/mol. The second-order valence-electron chi connectivity index (χ2n) is 15.3. The summed E-state index contributed by atoms with van der Waals surface area (Å²) in [7, 11) is 0. The number of para-hydroxylation sites is 3. The standard InChI is InChI=1S/C55H35N5/c1-4-15-36(16-5-1)39-19-14-20-40(33-39)54-56-53(38-17-6-2-7-18-38)57-55(58-54)41-28-27-37-29-30-44(35-42(37)34-41)60-48-26-13-11-24-46(48)52-50(60)32-31-49-51(52)45-23-10-12-25-47(45)59(49)43-21-8-3-9-22-43/h1-35H. The molecule has 3 aromatic heterocycles. The molecule has 0 saturated carbocycles. The first-order valence-electron chi connectivity index (χ1n) is 20.3. The van der Waals surface area contributed by atoms with Crippen molar-refractivity contribution in [3.8, 4) is 56.7 Å². The summed E-state index contributed by atoms with van der Waals surface area (Å²) in [4.78, 5) is 15.3. The second-order valence-corrected chi connectivity index (χ2v) is 15.3. The Morgan fingerprint density at radius 3 is 1.40 bits per heavy atom. The van der Waals surface area contributed by atoms with Gasteiger partial charge in [0.2, 0.25) is 0 Å². The minimum absolute atomic E-state index is 0.630. The molecule has 3 heterocycles. The summed E-state index contributed by atoms with van der Waals surface area (Å²) < 4.78 is 4.81. The van der Waals surface area contributed by atoms with E-state index in [9.17, 15) is 0 Å². The zero-order chi connectivity index (χ0) is 39.6. The van der Waals surface area contributed by atoms with Crippen LogP contribution in [0.15, 0.2) is 212 Å². The lowest BCUT2D eigenvalue weighted by Gasteiger charge is -2.12. The van der Waals surface area contributed by atoms with Gasteiger partial charge < -0.3 is 9.13 Å². The normalized spacial score (nSPS) is 11.7. The minimum Gasteiger partial charge on any atom is -0.309 e. The Morgan fingerprint density at radius 2 is 0.750 bits per heavy atom. The summed E-state index contributed by atoms with van der Waals surface area (Å²) in [5.41, 5.74) is 12.0. The second kappa shape index (κ2) is 13.8. The van der Waals surface area contributed by atoms with Gasteiger partial charge in [0.1, 0.15) is 0 Å². The van der Waals surface area contributed by atoms with E-state index in [4.69, 9.17) is 15.0 Å². The lowest BCUT2D eigenvalue weighted by molar-refractivity contribution is 1.07. The third-order valence-corrected chi connectivity index (χ3v) is 11.7. The van der Waals surface area contributed by atoms with E-state index in [1.807, 2.05) is 24.3 Å². The SMILES string of the molecule is c1ccc(-c2cccc(-c3nc(-c4ccccc4)nc(-c4ccc5ccc(-n6c7ccccc7c7c8c9ccccc9n(-c9ccccc9)c8ccc76)cc5c4)n3)c2)cc1. The lowest BCUT2D eigenvalue weighted by atomic mass is 10.0. The quantitative estimate of drug-likeness (QED) is 0.169. The summed E-state index contributed by atoms with van der Waals surface area (Å²) in [6.07, 6.45) is 0. The van der Waals surface area contributed by atoms with Gasteiger partial charge in [0.05, 0.1) is 22.1 Å². The van der Waals surface area contributed by atoms with E-state index >= 15 is 0 Å². The van der Waals surface area contributed by atoms with Crippen LogP contribution in [-0.4, -0.2) is 24.1 Å². The number of fused-ring (bicyclic) bond motifs is 8. The fraction of sp³-hybridized carbons (Fsp3) is 0. The van der Waals surface area contributed by atoms with Gasteiger partial charge in [0.15, 0.2) is 17.5 Å². The first-order chi connectivity index (χ1) is 29.7. The van der Waals surface area contributed by atoms with Crippen LogP contribution >= 0.6 is 0 Å². The molecule has 0 atom stereocenters. The Kier molecular flexibility index (Phi) is 7.78. The van der Waals surface area contributed by atoms with E-state index in [-0.39, 0.29) is 0 Å². The van der Waals surface area contributed by atoms with E-state index in [0.717, 1.165) is 50.0 Å². The highest BCUT2D eigenvalue weighted by atomic mass is 15.0. The zero-order valence-corrected chi connectivity index (χ0v) is 32.4. The topological polar surface area (TPSA) is 48.5 Å². The van der Waals surface area contributed by atoms with Crippen LogP contribution in [0.25, 0.3) is 111 Å². The molecule has 0 aliphatic heterocycles. The maximum absolute atomic E-state index is 5.14. The highest BCUT2D eigenvalue weighted by Gasteiger charge is 2.21. The van der Waals surface area contributed by atoms with Gasteiger partial charge in [-0.1, -0.05) is 152 Å². The number of hydrogen-bond acceptors (Lipinski definition) is 3. The van der Waals surface area contributed by atoms with Gasteiger partial charge in [-0.15, -0.1) is 0 Å². The molecule has 9 aromatic carbocycles. The Hall–Kier alpha value is -8.15. The molecule has 5 heteroatoms. The zero-order valence-electron chi connectivity index (χ0n) is 32.4. The lowest BCUT2D eigenvalue weighted by Crippen LogP contribution is -2.00. The van der Waals surface area contributed by atoms with Crippen molar-refractivity contribution in [2.24, 2.45) is 0 Å². The number of rotatable bonds is 6. The van der Waals surface area contributed by atoms with Crippen LogP contribution in [0.5, 0.6) is 0 Å². The van der Waals surface area contributed by atoms with Crippen LogP contribution in [-0.2, 0) is 0 Å². The molecule has 0 unspecified atom stereocenters. The highest BCUT2D eigenvalue weighted by Crippen LogP contribution is 2.42. The van der Waals surface area contributed by atoms with E-state index in [1.54, 1.807) is 0 Å². The predicted octanol–water partition coefficient (Wildman–Crippen LogP) is 13.9. The van der Waals surface area contributed by atoms with Gasteiger partial charge in [0.25, 0.3) is 0 Å². The third-order valence-electron chi connectivity index (χ3n) is 11.7. The molecule has 280 valence electrons. The van der Waals surface area contributed by atoms with Crippen LogP contribution in [0, 0.1) is 0 Å². The molecule has 0 aliphatic rings. The number of hydrogen-bond donors (Lipinski definition) is 0. The van der Waals surface area contributed by atoms with Crippen molar-refractivity contribution in [2.45, 2.75) is 0 Å². The van der Waals surface area contributed by atoms with E-state index in [2.05, 4.69) is 197 Å². The van der Waals surface area contributed by atoms with Gasteiger partial charge in [0, 0.05) is 49.6 Å². The van der Waals surface area contributed by atoms with Crippen molar-refractivity contribution in [3.63, 3.8) is 0 Å². The molecule has 0 aliphatic carbocycles. The first-order valence-corrected chi connectivity index (χ1v) is 20.3. The van der Waals surface area contributed by atoms with Gasteiger partial charge in [-0.05, 0) is 82.6 Å². The van der Waals surface area contributed by atoms with E-state index in [0.29, 0.717) is 17.5 Å². The molecule has 60 heavy (non-hydrogen) atoms. The Labute approximate surface area is 346 Å². The van der Waals surface area contributed by atoms with Crippen LogP contribution in [0.1, 0.15) is 0 Å². The van der Waals surface area contributed by atoms with Crippen LogP contribution < -0.4 is 0 Å². The summed E-state index contributed by atoms with van der Waals surface area (Å²) in [5, 5.41) is 7.23. The summed E-state index contributed by atoms with van der Waals surface area (Å²) in [6, 6.07) is 75.1. The Bertz CT molecular complexity index is 3590. The number of benzene rings is 9. The largest absolute Gasteiger partial charge is 0.309 e. The fourth-order valence-corrected chi connectivity index (χ4v) is 8.98. The van der Waals surface area contributed by atoms with Gasteiger partial charge in [-0.3, -0.25) is 0 Å². The molecule has 0 spiro atoms. The fourth-order valence-electron chi connectivity index (χ4n) is 8.98. The van der Waals surface area contributed by atoms with Crippen molar-refractivity contribution in [1.29, 1.82) is 0 Å². The average Bonchev–Trinajstić information content (AvgIpc) is 3.85. The highest BCUT2D eigenvalue weighted by molar-refractivity contribution is 6.29. The minimum atomic E-state index is 0.630. The summed E-state index contributed by atoms with van der Waals surface area (Å²) >= 11 is 0. The number of nitrogens with zero attached hydrogens (tertiary/aromatic N) is 5. The third kappa shape index (κ3) is 5.52. The van der Waals surface area contributed by atoms with E-state index < -0.39 is 0 Å². The van der Waals surface area contributed by atoms with Gasteiger partial charge in [-0.25, -0.2) is 15.0 Å². The molecular formula is C55H35N5. The van der Waals surface area contributed by atoms with Gasteiger partial charge in [-0.2, -0.15) is 0 Å². The van der Waals surface area contributed by atoms with Gasteiger partial charge >= 0.3 is 0 Å². The molecule has 5 nitrogen and oxygen atoms in total. The van der Waals surface area contributed by atoms with Crippen molar-refractivity contribution >= 4 is 54.4 Å². The maximum atomic E-state index is 5.14. The molecule has 0 saturated heterocycles. The average molecular weight is 766 g/mol. The first kappa shape index (κ1) is 33.9. The smallest absolute Gasteiger partial charge is 0.164 e.